The summed E-state index contributed by atoms with van der Waals surface area (Å²) in [7, 11) is 0. The summed E-state index contributed by atoms with van der Waals surface area (Å²) in [6.45, 7) is 4.17. The third-order valence-corrected chi connectivity index (χ3v) is 5.56. The van der Waals surface area contributed by atoms with Gasteiger partial charge < -0.3 is 10.6 Å². The molecule has 2 aromatic rings. The summed E-state index contributed by atoms with van der Waals surface area (Å²) in [5, 5.41) is 7.69. The van der Waals surface area contributed by atoms with Crippen LogP contribution in [0.4, 0.5) is 5.13 Å². The molecule has 24 heavy (non-hydrogen) atoms. The van der Waals surface area contributed by atoms with E-state index < -0.39 is 0 Å². The molecular formula is C18H22ClN3OS. The molecule has 1 unspecified atom stereocenters. The molecule has 2 N–H and O–H groups in total. The molecule has 1 saturated heterocycles. The normalized spacial score (nSPS) is 17.2. The summed E-state index contributed by atoms with van der Waals surface area (Å²) in [4.78, 5) is 17.5. The Kier molecular flexibility index (Phi) is 5.87. The molecule has 1 amide bonds. The van der Waals surface area contributed by atoms with Gasteiger partial charge >= 0.3 is 0 Å². The fraction of sp³-hybridized carbons (Fsp3) is 0.444. The van der Waals surface area contributed by atoms with Crippen LogP contribution in [0.25, 0.3) is 0 Å². The quantitative estimate of drug-likeness (QED) is 0.814. The van der Waals surface area contributed by atoms with Crippen LogP contribution in [0.15, 0.2) is 24.4 Å². The van der Waals surface area contributed by atoms with Gasteiger partial charge in [0.1, 0.15) is 0 Å². The number of hydrogen-bond donors (Lipinski definition) is 2. The Bertz CT molecular complexity index is 710. The second-order valence-electron chi connectivity index (χ2n) is 6.32. The van der Waals surface area contributed by atoms with Crippen LogP contribution < -0.4 is 10.6 Å². The molecule has 0 spiro atoms. The first-order valence-electron chi connectivity index (χ1n) is 8.30. The van der Waals surface area contributed by atoms with Crippen LogP contribution in [0.3, 0.4) is 0 Å². The van der Waals surface area contributed by atoms with Crippen molar-refractivity contribution < 1.29 is 4.79 Å². The molecule has 1 aliphatic heterocycles. The number of thiazole rings is 1. The number of halogens is 1. The van der Waals surface area contributed by atoms with Gasteiger partial charge in [-0.3, -0.25) is 4.79 Å². The highest BCUT2D eigenvalue weighted by molar-refractivity contribution is 7.15. The zero-order valence-corrected chi connectivity index (χ0v) is 15.3. The van der Waals surface area contributed by atoms with Gasteiger partial charge in [-0.15, -0.1) is 11.3 Å². The molecule has 1 aromatic heterocycles. The molecule has 1 fully saturated rings. The molecule has 1 atom stereocenters. The molecule has 0 aliphatic carbocycles. The molecular weight excluding hydrogens is 342 g/mol. The lowest BCUT2D eigenvalue weighted by molar-refractivity contribution is -0.116. The van der Waals surface area contributed by atoms with Crippen molar-refractivity contribution in [2.75, 3.05) is 18.4 Å². The number of amides is 1. The Labute approximate surface area is 151 Å². The average molecular weight is 364 g/mol. The number of aromatic nitrogens is 1. The fourth-order valence-electron chi connectivity index (χ4n) is 2.97. The molecule has 6 heteroatoms. The summed E-state index contributed by atoms with van der Waals surface area (Å²) in [6, 6.07) is 5.93. The van der Waals surface area contributed by atoms with E-state index in [1.807, 2.05) is 24.4 Å². The van der Waals surface area contributed by atoms with Crippen LogP contribution in [-0.4, -0.2) is 24.0 Å². The minimum absolute atomic E-state index is 0.0606. The first-order valence-corrected chi connectivity index (χ1v) is 9.50. The summed E-state index contributed by atoms with van der Waals surface area (Å²) in [6.07, 6.45) is 5.34. The van der Waals surface area contributed by atoms with E-state index in [0.717, 1.165) is 35.8 Å². The van der Waals surface area contributed by atoms with Gasteiger partial charge in [-0.2, -0.15) is 0 Å². The third-order valence-electron chi connectivity index (χ3n) is 4.41. The topological polar surface area (TPSA) is 54.0 Å². The number of carbonyl (C=O) groups excluding carboxylic acids is 1. The smallest absolute Gasteiger partial charge is 0.226 e. The summed E-state index contributed by atoms with van der Waals surface area (Å²) in [5.41, 5.74) is 2.40. The van der Waals surface area contributed by atoms with Crippen molar-refractivity contribution in [3.05, 3.63) is 45.4 Å². The van der Waals surface area contributed by atoms with Crippen molar-refractivity contribution in [1.82, 2.24) is 10.3 Å². The zero-order chi connectivity index (χ0) is 16.9. The van der Waals surface area contributed by atoms with Crippen LogP contribution in [0.1, 0.15) is 35.3 Å². The van der Waals surface area contributed by atoms with Crippen LogP contribution >= 0.6 is 22.9 Å². The maximum Gasteiger partial charge on any atom is 0.226 e. The highest BCUT2D eigenvalue weighted by Gasteiger charge is 2.16. The third kappa shape index (κ3) is 4.79. The second-order valence-corrected chi connectivity index (χ2v) is 7.88. The maximum absolute atomic E-state index is 12.0. The van der Waals surface area contributed by atoms with E-state index in [-0.39, 0.29) is 5.91 Å². The van der Waals surface area contributed by atoms with Crippen molar-refractivity contribution >= 4 is 34.0 Å². The maximum atomic E-state index is 12.0. The van der Waals surface area contributed by atoms with Crippen LogP contribution in [0, 0.1) is 12.8 Å². The van der Waals surface area contributed by atoms with E-state index in [9.17, 15) is 4.79 Å². The van der Waals surface area contributed by atoms with Crippen molar-refractivity contribution in [2.24, 2.45) is 5.92 Å². The van der Waals surface area contributed by atoms with E-state index in [2.05, 4.69) is 22.5 Å². The van der Waals surface area contributed by atoms with Crippen LogP contribution in [0.5, 0.6) is 0 Å². The van der Waals surface area contributed by atoms with Crippen molar-refractivity contribution in [3.63, 3.8) is 0 Å². The van der Waals surface area contributed by atoms with E-state index >= 15 is 0 Å². The molecule has 2 heterocycles. The number of carbonyl (C=O) groups is 1. The molecule has 0 saturated carbocycles. The highest BCUT2D eigenvalue weighted by Crippen LogP contribution is 2.24. The number of rotatable bonds is 6. The van der Waals surface area contributed by atoms with Gasteiger partial charge in [-0.1, -0.05) is 17.7 Å². The fourth-order valence-corrected chi connectivity index (χ4v) is 4.05. The highest BCUT2D eigenvalue weighted by atomic mass is 35.5. The largest absolute Gasteiger partial charge is 0.316 e. The molecule has 1 aliphatic rings. The van der Waals surface area contributed by atoms with Crippen LogP contribution in [0.2, 0.25) is 5.02 Å². The summed E-state index contributed by atoms with van der Waals surface area (Å²) < 4.78 is 0. The monoisotopic (exact) mass is 363 g/mol. The Hall–Kier alpha value is -1.43. The molecule has 1 aromatic carbocycles. The number of hydrogen-bond acceptors (Lipinski definition) is 4. The molecule has 128 valence electrons. The van der Waals surface area contributed by atoms with Crippen molar-refractivity contribution in [1.29, 1.82) is 0 Å². The predicted octanol–water partition coefficient (Wildman–Crippen LogP) is 4.02. The number of nitrogens with zero attached hydrogens (tertiary/aromatic N) is 1. The van der Waals surface area contributed by atoms with E-state index in [4.69, 9.17) is 11.6 Å². The standard InChI is InChI=1S/C18H22ClN3OS/c1-12-8-15(19)4-3-14(12)9-16-11-21-18(24-16)22-17(23)5-2-13-6-7-20-10-13/h3-4,8,11,13,20H,2,5-7,9-10H2,1H3,(H,21,22,23). The first-order chi connectivity index (χ1) is 11.6. The van der Waals surface area contributed by atoms with E-state index in [1.165, 1.54) is 28.9 Å². The lowest BCUT2D eigenvalue weighted by Crippen LogP contribution is -2.14. The lowest BCUT2D eigenvalue weighted by atomic mass is 10.0. The number of nitrogens with one attached hydrogen (secondary N) is 2. The number of benzene rings is 1. The Balaban J connectivity index is 1.52. The molecule has 0 radical (unpaired) electrons. The molecule has 3 rings (SSSR count). The molecule has 0 bridgehead atoms. The van der Waals surface area contributed by atoms with Gasteiger partial charge in [0.2, 0.25) is 5.91 Å². The predicted molar refractivity (Wildman–Crippen MR) is 99.9 cm³/mol. The minimum atomic E-state index is 0.0606. The minimum Gasteiger partial charge on any atom is -0.316 e. The Morgan fingerprint density at radius 3 is 3.12 bits per heavy atom. The van der Waals surface area contributed by atoms with Crippen molar-refractivity contribution in [3.8, 4) is 0 Å². The number of anilines is 1. The molecule has 4 nitrogen and oxygen atoms in total. The zero-order valence-electron chi connectivity index (χ0n) is 13.8. The summed E-state index contributed by atoms with van der Waals surface area (Å²) >= 11 is 7.54. The average Bonchev–Trinajstić information content (AvgIpc) is 3.20. The second kappa shape index (κ2) is 8.10. The van der Waals surface area contributed by atoms with Gasteiger partial charge in [0.15, 0.2) is 5.13 Å². The van der Waals surface area contributed by atoms with Gasteiger partial charge in [-0.05, 0) is 62.0 Å². The van der Waals surface area contributed by atoms with Gasteiger partial charge in [0, 0.05) is 28.9 Å². The lowest BCUT2D eigenvalue weighted by Gasteiger charge is -2.07. The van der Waals surface area contributed by atoms with Gasteiger partial charge in [0.25, 0.3) is 0 Å². The number of aryl methyl sites for hydroxylation is 1. The van der Waals surface area contributed by atoms with Gasteiger partial charge in [0.05, 0.1) is 0 Å². The van der Waals surface area contributed by atoms with Crippen LogP contribution in [-0.2, 0) is 11.2 Å². The van der Waals surface area contributed by atoms with E-state index in [0.29, 0.717) is 17.5 Å². The Morgan fingerprint density at radius 2 is 2.38 bits per heavy atom. The Morgan fingerprint density at radius 1 is 1.50 bits per heavy atom. The van der Waals surface area contributed by atoms with Crippen molar-refractivity contribution in [2.45, 2.75) is 32.6 Å². The summed E-state index contributed by atoms with van der Waals surface area (Å²) in [5.74, 6) is 0.695. The van der Waals surface area contributed by atoms with E-state index in [1.54, 1.807) is 0 Å². The SMILES string of the molecule is Cc1cc(Cl)ccc1Cc1cnc(NC(=O)CCC2CCNC2)s1. The van der Waals surface area contributed by atoms with Gasteiger partial charge in [-0.25, -0.2) is 4.98 Å². The first kappa shape index (κ1) is 17.4.